The van der Waals surface area contributed by atoms with Crippen LogP contribution in [-0.4, -0.2) is 43.9 Å². The van der Waals surface area contributed by atoms with Crippen molar-refractivity contribution >= 4 is 23.3 Å². The summed E-state index contributed by atoms with van der Waals surface area (Å²) in [5.41, 5.74) is 0.946. The molecule has 1 fully saturated rings. The number of cyclic esters (lactones) is 1. The van der Waals surface area contributed by atoms with Crippen LogP contribution in [0.25, 0.3) is 10.6 Å². The quantitative estimate of drug-likeness (QED) is 0.766. The van der Waals surface area contributed by atoms with Crippen molar-refractivity contribution < 1.29 is 28.5 Å². The van der Waals surface area contributed by atoms with Crippen LogP contribution in [-0.2, 0) is 14.3 Å². The number of carbonyl (C=O) groups excluding carboxylic acids is 2. The van der Waals surface area contributed by atoms with E-state index in [1.807, 2.05) is 6.07 Å². The van der Waals surface area contributed by atoms with Gasteiger partial charge in [-0.25, -0.2) is 14.6 Å². The monoisotopic (exact) mass is 349 g/mol. The fourth-order valence-electron chi connectivity index (χ4n) is 2.24. The summed E-state index contributed by atoms with van der Waals surface area (Å²) in [7, 11) is 3.11. The molecule has 0 saturated carbocycles. The smallest absolute Gasteiger partial charge is 0.358 e. The average Bonchev–Trinajstić information content (AvgIpc) is 3.24. The number of nitrogens with zero attached hydrogens (tertiary/aromatic N) is 1. The summed E-state index contributed by atoms with van der Waals surface area (Å²) in [4.78, 5) is 27.7. The molecule has 1 aromatic heterocycles. The number of methoxy groups -OCH3 is 2. The molecule has 7 nitrogen and oxygen atoms in total. The average molecular weight is 349 g/mol. The Morgan fingerprint density at radius 1 is 1.29 bits per heavy atom. The second-order valence-corrected chi connectivity index (χ2v) is 5.82. The van der Waals surface area contributed by atoms with Gasteiger partial charge in [-0.3, -0.25) is 0 Å². The highest BCUT2D eigenvalue weighted by Crippen LogP contribution is 2.33. The molecule has 0 N–H and O–H groups in total. The van der Waals surface area contributed by atoms with Crippen LogP contribution in [0.3, 0.4) is 0 Å². The summed E-state index contributed by atoms with van der Waals surface area (Å²) < 4.78 is 20.3. The lowest BCUT2D eigenvalue weighted by Gasteiger charge is -2.08. The molecule has 0 radical (unpaired) electrons. The highest BCUT2D eigenvalue weighted by atomic mass is 32.1. The first-order valence-electron chi connectivity index (χ1n) is 7.18. The van der Waals surface area contributed by atoms with Crippen molar-refractivity contribution in [1.82, 2.24) is 4.98 Å². The van der Waals surface area contributed by atoms with Crippen molar-refractivity contribution in [2.24, 2.45) is 0 Å². The molecule has 1 saturated heterocycles. The minimum atomic E-state index is -0.844. The van der Waals surface area contributed by atoms with E-state index in [0.29, 0.717) is 22.9 Å². The van der Waals surface area contributed by atoms with Gasteiger partial charge in [0.25, 0.3) is 0 Å². The van der Waals surface area contributed by atoms with Crippen molar-refractivity contribution in [3.63, 3.8) is 0 Å². The van der Waals surface area contributed by atoms with Crippen LogP contribution >= 0.6 is 11.3 Å². The third-order valence-corrected chi connectivity index (χ3v) is 4.37. The van der Waals surface area contributed by atoms with Gasteiger partial charge in [0.1, 0.15) is 5.01 Å². The molecule has 2 heterocycles. The topological polar surface area (TPSA) is 84.0 Å². The van der Waals surface area contributed by atoms with E-state index >= 15 is 0 Å². The standard InChI is InChI=1S/C16H15NO6S/c1-20-11-4-3-9(7-13(11)21-2)14-17-10(8-24-14)15(18)23-12-5-6-22-16(12)19/h3-4,7-8,12H,5-6H2,1-2H3/t12-/m0/s1. The van der Waals surface area contributed by atoms with Gasteiger partial charge in [-0.1, -0.05) is 0 Å². The Kier molecular flexibility index (Phi) is 4.66. The number of carbonyl (C=O) groups is 2. The van der Waals surface area contributed by atoms with Crippen molar-refractivity contribution in [2.45, 2.75) is 12.5 Å². The van der Waals surface area contributed by atoms with Crippen LogP contribution < -0.4 is 9.47 Å². The first-order valence-corrected chi connectivity index (χ1v) is 8.06. The zero-order chi connectivity index (χ0) is 17.1. The van der Waals surface area contributed by atoms with Gasteiger partial charge in [-0.15, -0.1) is 11.3 Å². The Balaban J connectivity index is 1.77. The molecule has 24 heavy (non-hydrogen) atoms. The maximum atomic E-state index is 12.1. The number of thiazole rings is 1. The zero-order valence-corrected chi connectivity index (χ0v) is 13.9. The van der Waals surface area contributed by atoms with Gasteiger partial charge >= 0.3 is 11.9 Å². The SMILES string of the molecule is COc1ccc(-c2nc(C(=O)O[C@H]3CCOC3=O)cs2)cc1OC. The molecule has 0 bridgehead atoms. The van der Waals surface area contributed by atoms with Crippen LogP contribution in [0.4, 0.5) is 0 Å². The third kappa shape index (κ3) is 3.18. The number of hydrogen-bond acceptors (Lipinski definition) is 8. The molecule has 8 heteroatoms. The van der Waals surface area contributed by atoms with E-state index in [1.165, 1.54) is 11.3 Å². The molecule has 1 aliphatic rings. The molecule has 3 rings (SSSR count). The molecule has 0 spiro atoms. The summed E-state index contributed by atoms with van der Waals surface area (Å²) in [6, 6.07) is 5.37. The van der Waals surface area contributed by atoms with Crippen LogP contribution in [0.2, 0.25) is 0 Å². The molecule has 2 aromatic rings. The number of hydrogen-bond donors (Lipinski definition) is 0. The molecule has 126 valence electrons. The van der Waals surface area contributed by atoms with Crippen molar-refractivity contribution in [2.75, 3.05) is 20.8 Å². The van der Waals surface area contributed by atoms with Crippen molar-refractivity contribution in [3.05, 3.63) is 29.3 Å². The van der Waals surface area contributed by atoms with Crippen molar-refractivity contribution in [3.8, 4) is 22.1 Å². The molecule has 1 atom stereocenters. The molecular formula is C16H15NO6S. The molecular weight excluding hydrogens is 334 g/mol. The Morgan fingerprint density at radius 2 is 2.08 bits per heavy atom. The Hall–Kier alpha value is -2.61. The first kappa shape index (κ1) is 16.3. The van der Waals surface area contributed by atoms with Crippen LogP contribution in [0.1, 0.15) is 16.9 Å². The number of rotatable bonds is 5. The lowest BCUT2D eigenvalue weighted by Crippen LogP contribution is -2.22. The van der Waals surface area contributed by atoms with Gasteiger partial charge in [0.2, 0.25) is 6.10 Å². The fraction of sp³-hybridized carbons (Fsp3) is 0.312. The second kappa shape index (κ2) is 6.88. The van der Waals surface area contributed by atoms with Gasteiger partial charge in [-0.2, -0.15) is 0 Å². The zero-order valence-electron chi connectivity index (χ0n) is 13.1. The van der Waals surface area contributed by atoms with Crippen LogP contribution in [0.15, 0.2) is 23.6 Å². The molecule has 0 aliphatic carbocycles. The van der Waals surface area contributed by atoms with Gasteiger partial charge in [-0.05, 0) is 18.2 Å². The fourth-order valence-corrected chi connectivity index (χ4v) is 3.03. The van der Waals surface area contributed by atoms with Gasteiger partial charge < -0.3 is 18.9 Å². The van der Waals surface area contributed by atoms with Crippen LogP contribution in [0.5, 0.6) is 11.5 Å². The molecule has 1 aromatic carbocycles. The lowest BCUT2D eigenvalue weighted by atomic mass is 10.2. The minimum absolute atomic E-state index is 0.157. The maximum Gasteiger partial charge on any atom is 0.358 e. The molecule has 1 aliphatic heterocycles. The van der Waals surface area contributed by atoms with Crippen molar-refractivity contribution in [1.29, 1.82) is 0 Å². The van der Waals surface area contributed by atoms with E-state index in [-0.39, 0.29) is 12.3 Å². The summed E-state index contributed by atoms with van der Waals surface area (Å²) >= 11 is 1.30. The van der Waals surface area contributed by atoms with E-state index in [0.717, 1.165) is 5.56 Å². The Labute approximate surface area is 142 Å². The summed E-state index contributed by atoms with van der Waals surface area (Å²) in [5, 5.41) is 2.23. The predicted molar refractivity (Wildman–Crippen MR) is 85.4 cm³/mol. The lowest BCUT2D eigenvalue weighted by molar-refractivity contribution is -0.145. The highest BCUT2D eigenvalue weighted by Gasteiger charge is 2.31. The Bertz CT molecular complexity index is 772. The predicted octanol–water partition coefficient (Wildman–Crippen LogP) is 2.30. The summed E-state index contributed by atoms with van der Waals surface area (Å²) in [5.74, 6) is 0.0285. The number of ether oxygens (including phenoxy) is 4. The van der Waals surface area contributed by atoms with E-state index in [2.05, 4.69) is 4.98 Å². The van der Waals surface area contributed by atoms with E-state index < -0.39 is 18.0 Å². The second-order valence-electron chi connectivity index (χ2n) is 4.96. The highest BCUT2D eigenvalue weighted by molar-refractivity contribution is 7.13. The number of benzene rings is 1. The molecule has 0 amide bonds. The van der Waals surface area contributed by atoms with E-state index in [1.54, 1.807) is 31.7 Å². The largest absolute Gasteiger partial charge is 0.493 e. The minimum Gasteiger partial charge on any atom is -0.493 e. The van der Waals surface area contributed by atoms with Crippen LogP contribution in [0, 0.1) is 0 Å². The van der Waals surface area contributed by atoms with Gasteiger partial charge in [0.15, 0.2) is 17.2 Å². The number of esters is 2. The van der Waals surface area contributed by atoms with E-state index in [4.69, 9.17) is 18.9 Å². The third-order valence-electron chi connectivity index (χ3n) is 3.48. The summed E-state index contributed by atoms with van der Waals surface area (Å²) in [6.07, 6.45) is -0.471. The first-order chi connectivity index (χ1) is 11.6. The molecule has 0 unspecified atom stereocenters. The van der Waals surface area contributed by atoms with Gasteiger partial charge in [0.05, 0.1) is 20.8 Å². The summed E-state index contributed by atoms with van der Waals surface area (Å²) in [6.45, 7) is 0.269. The van der Waals surface area contributed by atoms with E-state index in [9.17, 15) is 9.59 Å². The number of aromatic nitrogens is 1. The normalized spacial score (nSPS) is 16.6. The van der Waals surface area contributed by atoms with Gasteiger partial charge in [0, 0.05) is 17.4 Å². The maximum absolute atomic E-state index is 12.1. The Morgan fingerprint density at radius 3 is 2.75 bits per heavy atom.